The van der Waals surface area contributed by atoms with Gasteiger partial charge in [0.05, 0.1) is 12.5 Å². The number of aliphatic carboxylic acids is 1. The molecule has 5 heteroatoms. The minimum Gasteiger partial charge on any atom is -0.481 e. The number of hydrogen-bond donors (Lipinski definition) is 3. The van der Waals surface area contributed by atoms with Gasteiger partial charge in [-0.25, -0.2) is 0 Å². The molecule has 0 heterocycles. The monoisotopic (exact) mass is 198 g/mol. The summed E-state index contributed by atoms with van der Waals surface area (Å²) < 4.78 is 0. The SMILES string of the molecule is C#CCCCNC(=O)C(N)CC(=O)O. The van der Waals surface area contributed by atoms with Crippen LogP contribution in [0.3, 0.4) is 0 Å². The van der Waals surface area contributed by atoms with Crippen molar-refractivity contribution in [2.45, 2.75) is 25.3 Å². The minimum absolute atomic E-state index is 0.360. The molecule has 0 spiro atoms. The molecule has 0 bridgehead atoms. The quantitative estimate of drug-likeness (QED) is 0.389. The first-order valence-electron chi connectivity index (χ1n) is 4.26. The fourth-order valence-electron chi connectivity index (χ4n) is 0.814. The summed E-state index contributed by atoms with van der Waals surface area (Å²) in [6.45, 7) is 0.427. The first-order chi connectivity index (χ1) is 6.57. The molecule has 78 valence electrons. The number of carbonyl (C=O) groups excluding carboxylic acids is 1. The topological polar surface area (TPSA) is 92.4 Å². The third kappa shape index (κ3) is 6.03. The maximum absolute atomic E-state index is 11.1. The molecule has 1 amide bonds. The van der Waals surface area contributed by atoms with E-state index in [0.29, 0.717) is 19.4 Å². The van der Waals surface area contributed by atoms with Crippen molar-refractivity contribution in [2.24, 2.45) is 5.73 Å². The number of nitrogens with two attached hydrogens (primary N) is 1. The summed E-state index contributed by atoms with van der Waals surface area (Å²) in [5, 5.41) is 10.9. The lowest BCUT2D eigenvalue weighted by molar-refractivity contribution is -0.139. The molecular weight excluding hydrogens is 184 g/mol. The third-order valence-corrected chi connectivity index (χ3v) is 1.53. The number of amides is 1. The van der Waals surface area contributed by atoms with Crippen LogP contribution in [0.2, 0.25) is 0 Å². The maximum atomic E-state index is 11.1. The minimum atomic E-state index is -1.09. The summed E-state index contributed by atoms with van der Waals surface area (Å²) in [5.74, 6) is 0.885. The van der Waals surface area contributed by atoms with Gasteiger partial charge in [0.25, 0.3) is 0 Å². The fraction of sp³-hybridized carbons (Fsp3) is 0.556. The van der Waals surface area contributed by atoms with Gasteiger partial charge in [-0.1, -0.05) is 0 Å². The van der Waals surface area contributed by atoms with Crippen LogP contribution in [0.5, 0.6) is 0 Å². The number of nitrogens with one attached hydrogen (secondary N) is 1. The Hall–Kier alpha value is -1.54. The summed E-state index contributed by atoms with van der Waals surface area (Å²) in [4.78, 5) is 21.3. The van der Waals surface area contributed by atoms with Crippen LogP contribution >= 0.6 is 0 Å². The van der Waals surface area contributed by atoms with Crippen molar-refractivity contribution in [1.82, 2.24) is 5.32 Å². The van der Waals surface area contributed by atoms with Crippen LogP contribution in [0.25, 0.3) is 0 Å². The van der Waals surface area contributed by atoms with Crippen molar-refractivity contribution in [1.29, 1.82) is 0 Å². The second kappa shape index (κ2) is 6.92. The highest BCUT2D eigenvalue weighted by Gasteiger charge is 2.15. The maximum Gasteiger partial charge on any atom is 0.305 e. The molecule has 0 aromatic heterocycles. The first-order valence-corrected chi connectivity index (χ1v) is 4.26. The van der Waals surface area contributed by atoms with Crippen LogP contribution in [0.1, 0.15) is 19.3 Å². The number of carboxylic acids is 1. The van der Waals surface area contributed by atoms with Gasteiger partial charge in [-0.2, -0.15) is 0 Å². The van der Waals surface area contributed by atoms with E-state index in [4.69, 9.17) is 17.3 Å². The Morgan fingerprint density at radius 3 is 2.71 bits per heavy atom. The average Bonchev–Trinajstić information content (AvgIpc) is 2.11. The Balaban J connectivity index is 3.63. The van der Waals surface area contributed by atoms with Crippen molar-refractivity contribution in [3.8, 4) is 12.3 Å². The number of carbonyl (C=O) groups is 2. The van der Waals surface area contributed by atoms with Crippen LogP contribution in [-0.4, -0.2) is 29.6 Å². The number of rotatable bonds is 6. The van der Waals surface area contributed by atoms with E-state index < -0.39 is 17.9 Å². The van der Waals surface area contributed by atoms with Crippen LogP contribution in [0.15, 0.2) is 0 Å². The molecule has 0 rings (SSSR count). The van der Waals surface area contributed by atoms with Gasteiger partial charge in [-0.15, -0.1) is 12.3 Å². The molecule has 1 atom stereocenters. The number of carboxylic acid groups (broad SMARTS) is 1. The van der Waals surface area contributed by atoms with Crippen LogP contribution in [0, 0.1) is 12.3 Å². The molecule has 0 fully saturated rings. The van der Waals surface area contributed by atoms with E-state index in [1.54, 1.807) is 0 Å². The van der Waals surface area contributed by atoms with E-state index in [9.17, 15) is 9.59 Å². The Morgan fingerprint density at radius 1 is 1.57 bits per heavy atom. The number of terminal acetylenes is 1. The smallest absolute Gasteiger partial charge is 0.305 e. The lowest BCUT2D eigenvalue weighted by atomic mass is 10.2. The first kappa shape index (κ1) is 12.5. The Morgan fingerprint density at radius 2 is 2.21 bits per heavy atom. The van der Waals surface area contributed by atoms with Gasteiger partial charge in [0.1, 0.15) is 0 Å². The third-order valence-electron chi connectivity index (χ3n) is 1.53. The van der Waals surface area contributed by atoms with Gasteiger partial charge in [-0.05, 0) is 6.42 Å². The lowest BCUT2D eigenvalue weighted by Crippen LogP contribution is -2.42. The van der Waals surface area contributed by atoms with Crippen LogP contribution in [0.4, 0.5) is 0 Å². The number of hydrogen-bond acceptors (Lipinski definition) is 3. The van der Waals surface area contributed by atoms with Crippen molar-refractivity contribution in [3.05, 3.63) is 0 Å². The highest BCUT2D eigenvalue weighted by molar-refractivity contribution is 5.85. The molecule has 0 saturated heterocycles. The van der Waals surface area contributed by atoms with Gasteiger partial charge in [0.15, 0.2) is 0 Å². The largest absolute Gasteiger partial charge is 0.481 e. The summed E-state index contributed by atoms with van der Waals surface area (Å²) in [6.07, 6.45) is 5.89. The predicted octanol–water partition coefficient (Wildman–Crippen LogP) is -0.682. The van der Waals surface area contributed by atoms with Crippen molar-refractivity contribution in [3.63, 3.8) is 0 Å². The Kier molecular flexibility index (Phi) is 6.16. The standard InChI is InChI=1S/C9H14N2O3/c1-2-3-4-5-11-9(14)7(10)6-8(12)13/h1,7H,3-6,10H2,(H,11,14)(H,12,13). The highest BCUT2D eigenvalue weighted by Crippen LogP contribution is 1.89. The molecule has 1 unspecified atom stereocenters. The van der Waals surface area contributed by atoms with Crippen molar-refractivity contribution >= 4 is 11.9 Å². The van der Waals surface area contributed by atoms with Crippen molar-refractivity contribution < 1.29 is 14.7 Å². The normalized spacial score (nSPS) is 11.4. The Bertz CT molecular complexity index is 245. The van der Waals surface area contributed by atoms with Crippen LogP contribution < -0.4 is 11.1 Å². The summed E-state index contributed by atoms with van der Waals surface area (Å²) in [5.41, 5.74) is 5.30. The highest BCUT2D eigenvalue weighted by atomic mass is 16.4. The van der Waals surface area contributed by atoms with Crippen LogP contribution in [-0.2, 0) is 9.59 Å². The van der Waals surface area contributed by atoms with Crippen molar-refractivity contribution in [2.75, 3.05) is 6.54 Å². The number of unbranched alkanes of at least 4 members (excludes halogenated alkanes) is 1. The molecule has 0 aromatic carbocycles. The van der Waals surface area contributed by atoms with E-state index in [-0.39, 0.29) is 6.42 Å². The molecule has 5 nitrogen and oxygen atoms in total. The molecule has 0 aliphatic heterocycles. The second-order valence-electron chi connectivity index (χ2n) is 2.80. The molecule has 0 radical (unpaired) electrons. The molecule has 4 N–H and O–H groups in total. The van der Waals surface area contributed by atoms with Gasteiger partial charge in [-0.3, -0.25) is 9.59 Å². The zero-order valence-corrected chi connectivity index (χ0v) is 7.82. The van der Waals surface area contributed by atoms with Gasteiger partial charge in [0, 0.05) is 13.0 Å². The second-order valence-corrected chi connectivity index (χ2v) is 2.80. The summed E-state index contributed by atoms with van der Waals surface area (Å²) in [7, 11) is 0. The molecule has 0 aromatic rings. The van der Waals surface area contributed by atoms with Gasteiger partial charge < -0.3 is 16.2 Å². The van der Waals surface area contributed by atoms with E-state index in [0.717, 1.165) is 0 Å². The predicted molar refractivity (Wildman–Crippen MR) is 51.3 cm³/mol. The molecule has 0 aliphatic carbocycles. The van der Waals surface area contributed by atoms with E-state index >= 15 is 0 Å². The molecule has 14 heavy (non-hydrogen) atoms. The lowest BCUT2D eigenvalue weighted by Gasteiger charge is -2.08. The van der Waals surface area contributed by atoms with Gasteiger partial charge in [0.2, 0.25) is 5.91 Å². The zero-order chi connectivity index (χ0) is 11.0. The van der Waals surface area contributed by atoms with E-state index in [2.05, 4.69) is 11.2 Å². The van der Waals surface area contributed by atoms with E-state index in [1.807, 2.05) is 0 Å². The zero-order valence-electron chi connectivity index (χ0n) is 7.82. The molecule has 0 saturated carbocycles. The molecular formula is C9H14N2O3. The van der Waals surface area contributed by atoms with Gasteiger partial charge >= 0.3 is 5.97 Å². The summed E-state index contributed by atoms with van der Waals surface area (Å²) >= 11 is 0. The fourth-order valence-corrected chi connectivity index (χ4v) is 0.814. The molecule has 0 aliphatic rings. The Labute approximate surface area is 82.7 Å². The van der Waals surface area contributed by atoms with E-state index in [1.165, 1.54) is 0 Å². The summed E-state index contributed by atoms with van der Waals surface area (Å²) in [6, 6.07) is -0.988. The average molecular weight is 198 g/mol.